The van der Waals surface area contributed by atoms with E-state index in [4.69, 9.17) is 10.2 Å². The average Bonchev–Trinajstić information content (AvgIpc) is 2.10. The summed E-state index contributed by atoms with van der Waals surface area (Å²) in [6, 6.07) is 1.25. The summed E-state index contributed by atoms with van der Waals surface area (Å²) in [6.45, 7) is 5.24. The summed E-state index contributed by atoms with van der Waals surface area (Å²) >= 11 is 0. The summed E-state index contributed by atoms with van der Waals surface area (Å²) in [4.78, 5) is 0. The van der Waals surface area contributed by atoms with Gasteiger partial charge in [0.1, 0.15) is 0 Å². The molecule has 0 saturated heterocycles. The third-order valence-electron chi connectivity index (χ3n) is 2.02. The Morgan fingerprint density at radius 1 is 1.42 bits per heavy atom. The van der Waals surface area contributed by atoms with E-state index in [1.165, 1.54) is 25.3 Å². The van der Waals surface area contributed by atoms with E-state index in [1.807, 2.05) is 0 Å². The molecule has 0 saturated carbocycles. The summed E-state index contributed by atoms with van der Waals surface area (Å²) in [5, 5.41) is 0. The van der Waals surface area contributed by atoms with Crippen LogP contribution in [0.4, 0.5) is 0 Å². The van der Waals surface area contributed by atoms with Crippen molar-refractivity contribution in [3.05, 3.63) is 0 Å². The van der Waals surface area contributed by atoms with Gasteiger partial charge in [0.25, 0.3) is 0 Å². The van der Waals surface area contributed by atoms with Gasteiger partial charge in [-0.25, -0.2) is 0 Å². The van der Waals surface area contributed by atoms with Crippen molar-refractivity contribution < 1.29 is 4.43 Å². The highest BCUT2D eigenvalue weighted by Crippen LogP contribution is 2.06. The highest BCUT2D eigenvalue weighted by atomic mass is 28.2. The first kappa shape index (κ1) is 12.1. The lowest BCUT2D eigenvalue weighted by Gasteiger charge is -2.14. The fraction of sp³-hybridized carbons (Fsp3) is 1.00. The minimum absolute atomic E-state index is 0.258. The van der Waals surface area contributed by atoms with Gasteiger partial charge in [-0.15, -0.1) is 0 Å². The highest BCUT2D eigenvalue weighted by Gasteiger charge is 2.03. The molecule has 0 bridgehead atoms. The normalized spacial score (nSPS) is 14.2. The molecule has 12 heavy (non-hydrogen) atoms. The van der Waals surface area contributed by atoms with Crippen molar-refractivity contribution in [2.24, 2.45) is 5.73 Å². The zero-order valence-corrected chi connectivity index (χ0v) is 9.93. The van der Waals surface area contributed by atoms with Crippen LogP contribution in [0.25, 0.3) is 0 Å². The van der Waals surface area contributed by atoms with Crippen molar-refractivity contribution >= 4 is 9.76 Å². The van der Waals surface area contributed by atoms with E-state index in [0.717, 1.165) is 13.0 Å². The first-order chi connectivity index (χ1) is 5.85. The van der Waals surface area contributed by atoms with Gasteiger partial charge >= 0.3 is 0 Å². The molecular weight excluding hydrogens is 166 g/mol. The smallest absolute Gasteiger partial charge is 0.162 e. The van der Waals surface area contributed by atoms with Crippen LogP contribution >= 0.6 is 0 Å². The minimum atomic E-state index is -0.258. The lowest BCUT2D eigenvalue weighted by atomic mass is 10.2. The maximum absolute atomic E-state index is 5.82. The summed E-state index contributed by atoms with van der Waals surface area (Å²) in [7, 11) is -0.258. The van der Waals surface area contributed by atoms with Crippen LogP contribution in [0.3, 0.4) is 0 Å². The van der Waals surface area contributed by atoms with Crippen LogP contribution in [-0.2, 0) is 4.43 Å². The Morgan fingerprint density at radius 3 is 2.67 bits per heavy atom. The van der Waals surface area contributed by atoms with E-state index in [-0.39, 0.29) is 9.76 Å². The Bertz CT molecular complexity index is 90.6. The zero-order chi connectivity index (χ0) is 9.23. The van der Waals surface area contributed by atoms with Gasteiger partial charge in [-0.2, -0.15) is 0 Å². The van der Waals surface area contributed by atoms with E-state index in [1.54, 1.807) is 0 Å². The SMILES string of the molecule is CCCC(CC)O[SiH2]CCCN. The Labute approximate surface area is 78.8 Å². The summed E-state index contributed by atoms with van der Waals surface area (Å²) in [5.74, 6) is 0. The molecule has 0 radical (unpaired) electrons. The first-order valence-electron chi connectivity index (χ1n) is 5.16. The second-order valence-corrected chi connectivity index (χ2v) is 4.63. The molecule has 0 aliphatic rings. The van der Waals surface area contributed by atoms with Crippen molar-refractivity contribution in [3.63, 3.8) is 0 Å². The fourth-order valence-electron chi connectivity index (χ4n) is 1.22. The number of hydrogen-bond donors (Lipinski definition) is 1. The quantitative estimate of drug-likeness (QED) is 0.463. The zero-order valence-electron chi connectivity index (χ0n) is 8.51. The van der Waals surface area contributed by atoms with Gasteiger partial charge in [0.05, 0.1) is 0 Å². The maximum atomic E-state index is 5.82. The molecule has 0 fully saturated rings. The molecule has 2 N–H and O–H groups in total. The Morgan fingerprint density at radius 2 is 2.17 bits per heavy atom. The Balaban J connectivity index is 3.19. The predicted molar refractivity (Wildman–Crippen MR) is 57.1 cm³/mol. The molecular formula is C9H23NOSi. The van der Waals surface area contributed by atoms with Crippen LogP contribution < -0.4 is 5.73 Å². The average molecular weight is 189 g/mol. The van der Waals surface area contributed by atoms with Crippen LogP contribution in [0.1, 0.15) is 39.5 Å². The van der Waals surface area contributed by atoms with E-state index in [2.05, 4.69) is 13.8 Å². The van der Waals surface area contributed by atoms with Crippen LogP contribution in [0.5, 0.6) is 0 Å². The van der Waals surface area contributed by atoms with Gasteiger partial charge in [0, 0.05) is 6.10 Å². The molecule has 0 aliphatic heterocycles. The second-order valence-electron chi connectivity index (χ2n) is 3.19. The summed E-state index contributed by atoms with van der Waals surface area (Å²) < 4.78 is 5.82. The third-order valence-corrected chi connectivity index (χ3v) is 3.51. The summed E-state index contributed by atoms with van der Waals surface area (Å²) in [6.07, 6.45) is 5.33. The van der Waals surface area contributed by atoms with Gasteiger partial charge in [0.2, 0.25) is 0 Å². The van der Waals surface area contributed by atoms with Crippen molar-refractivity contribution in [1.29, 1.82) is 0 Å². The highest BCUT2D eigenvalue weighted by molar-refractivity contribution is 6.27. The van der Waals surface area contributed by atoms with Gasteiger partial charge in [-0.05, 0) is 31.9 Å². The van der Waals surface area contributed by atoms with Gasteiger partial charge in [0.15, 0.2) is 9.76 Å². The number of nitrogens with two attached hydrogens (primary N) is 1. The molecule has 0 heterocycles. The molecule has 1 atom stereocenters. The van der Waals surface area contributed by atoms with Crippen molar-refractivity contribution in [2.45, 2.75) is 51.7 Å². The lowest BCUT2D eigenvalue weighted by molar-refractivity contribution is 0.194. The molecule has 2 nitrogen and oxygen atoms in total. The van der Waals surface area contributed by atoms with E-state index >= 15 is 0 Å². The second kappa shape index (κ2) is 9.23. The molecule has 74 valence electrons. The van der Waals surface area contributed by atoms with Crippen LogP contribution in [0.2, 0.25) is 6.04 Å². The third kappa shape index (κ3) is 6.82. The molecule has 0 amide bonds. The molecule has 0 spiro atoms. The van der Waals surface area contributed by atoms with E-state index in [9.17, 15) is 0 Å². The minimum Gasteiger partial charge on any atom is -0.421 e. The Hall–Kier alpha value is 0.137. The molecule has 0 aliphatic carbocycles. The lowest BCUT2D eigenvalue weighted by Crippen LogP contribution is -2.14. The predicted octanol–water partition coefficient (Wildman–Crippen LogP) is 1.43. The molecule has 0 aromatic rings. The van der Waals surface area contributed by atoms with Crippen LogP contribution in [-0.4, -0.2) is 22.4 Å². The number of hydrogen-bond acceptors (Lipinski definition) is 2. The van der Waals surface area contributed by atoms with Gasteiger partial charge < -0.3 is 10.2 Å². The molecule has 0 rings (SSSR count). The van der Waals surface area contributed by atoms with E-state index < -0.39 is 0 Å². The summed E-state index contributed by atoms with van der Waals surface area (Å²) in [5.41, 5.74) is 5.40. The van der Waals surface area contributed by atoms with Crippen molar-refractivity contribution in [1.82, 2.24) is 0 Å². The van der Waals surface area contributed by atoms with Gasteiger partial charge in [-0.3, -0.25) is 0 Å². The largest absolute Gasteiger partial charge is 0.421 e. The number of rotatable bonds is 8. The topological polar surface area (TPSA) is 35.2 Å². The van der Waals surface area contributed by atoms with Crippen molar-refractivity contribution in [2.75, 3.05) is 6.54 Å². The molecule has 0 aromatic heterocycles. The standard InChI is InChI=1S/C9H23NOSi/c1-3-6-9(4-2)11-12-8-5-7-10/h9H,3-8,10,12H2,1-2H3. The van der Waals surface area contributed by atoms with Crippen LogP contribution in [0, 0.1) is 0 Å². The Kier molecular flexibility index (Phi) is 9.33. The molecule has 3 heteroatoms. The first-order valence-corrected chi connectivity index (χ1v) is 6.74. The fourth-order valence-corrected chi connectivity index (χ4v) is 2.62. The van der Waals surface area contributed by atoms with Crippen molar-refractivity contribution in [3.8, 4) is 0 Å². The van der Waals surface area contributed by atoms with Gasteiger partial charge in [-0.1, -0.05) is 20.3 Å². The maximum Gasteiger partial charge on any atom is 0.162 e. The molecule has 0 aromatic carbocycles. The van der Waals surface area contributed by atoms with E-state index in [0.29, 0.717) is 6.10 Å². The van der Waals surface area contributed by atoms with Crippen LogP contribution in [0.15, 0.2) is 0 Å². The molecule has 1 unspecified atom stereocenters. The monoisotopic (exact) mass is 189 g/mol.